The first-order valence-corrected chi connectivity index (χ1v) is 7.97. The fourth-order valence-electron chi connectivity index (χ4n) is 2.19. The van der Waals surface area contributed by atoms with Gasteiger partial charge in [-0.3, -0.25) is 4.72 Å². The van der Waals surface area contributed by atoms with Crippen LogP contribution in [-0.4, -0.2) is 25.8 Å². The molecule has 1 aliphatic rings. The van der Waals surface area contributed by atoms with Crippen LogP contribution in [0.15, 0.2) is 18.2 Å². The summed E-state index contributed by atoms with van der Waals surface area (Å²) in [5, 5.41) is 0. The van der Waals surface area contributed by atoms with Crippen LogP contribution in [0.4, 0.5) is 11.4 Å². The van der Waals surface area contributed by atoms with Gasteiger partial charge in [0.1, 0.15) is 0 Å². The molecule has 0 aromatic heterocycles. The van der Waals surface area contributed by atoms with Gasteiger partial charge in [0.25, 0.3) is 0 Å². The molecule has 1 aromatic carbocycles. The van der Waals surface area contributed by atoms with Crippen molar-refractivity contribution in [3.8, 4) is 0 Å². The molecule has 1 aromatic rings. The summed E-state index contributed by atoms with van der Waals surface area (Å²) in [4.78, 5) is 0. The minimum Gasteiger partial charge on any atom is -0.398 e. The lowest BCUT2D eigenvalue weighted by Gasteiger charge is -2.29. The van der Waals surface area contributed by atoms with Crippen molar-refractivity contribution >= 4 is 21.6 Å². The summed E-state index contributed by atoms with van der Waals surface area (Å²) in [5.41, 5.74) is 7.69. The molecule has 19 heavy (non-hydrogen) atoms. The molecule has 0 atom stereocenters. The zero-order valence-corrected chi connectivity index (χ0v) is 12.2. The third kappa shape index (κ3) is 3.19. The van der Waals surface area contributed by atoms with Crippen LogP contribution in [0.5, 0.6) is 0 Å². The number of hydrogen-bond acceptors (Lipinski definition) is 3. The number of hydrogen-bond donors (Lipinski definition) is 2. The maximum absolute atomic E-state index is 12.3. The number of benzene rings is 1. The van der Waals surface area contributed by atoms with Crippen LogP contribution in [0.2, 0.25) is 0 Å². The monoisotopic (exact) mass is 283 g/mol. The molecule has 0 aliphatic carbocycles. The molecule has 106 valence electrons. The van der Waals surface area contributed by atoms with E-state index in [9.17, 15) is 8.42 Å². The van der Waals surface area contributed by atoms with Crippen LogP contribution in [-0.2, 0) is 10.2 Å². The Hall–Kier alpha value is -1.27. The van der Waals surface area contributed by atoms with Crippen molar-refractivity contribution in [3.63, 3.8) is 0 Å². The lowest BCUT2D eigenvalue weighted by molar-refractivity contribution is 0.289. The average Bonchev–Trinajstić information content (AvgIpc) is 2.35. The first-order chi connectivity index (χ1) is 8.90. The van der Waals surface area contributed by atoms with E-state index < -0.39 is 10.2 Å². The summed E-state index contributed by atoms with van der Waals surface area (Å²) < 4.78 is 28.7. The van der Waals surface area contributed by atoms with E-state index in [1.54, 1.807) is 18.2 Å². The lowest BCUT2D eigenvalue weighted by Crippen LogP contribution is -2.41. The van der Waals surface area contributed by atoms with Crippen LogP contribution in [0.3, 0.4) is 0 Å². The van der Waals surface area contributed by atoms with E-state index in [2.05, 4.69) is 11.6 Å². The first-order valence-electron chi connectivity index (χ1n) is 6.53. The van der Waals surface area contributed by atoms with Crippen molar-refractivity contribution in [2.24, 2.45) is 5.92 Å². The molecule has 0 spiro atoms. The van der Waals surface area contributed by atoms with Crippen molar-refractivity contribution < 1.29 is 8.42 Å². The second-order valence-corrected chi connectivity index (χ2v) is 6.88. The Kier molecular flexibility index (Phi) is 4.01. The average molecular weight is 283 g/mol. The fourth-order valence-corrected chi connectivity index (χ4v) is 3.51. The molecular weight excluding hydrogens is 262 g/mol. The van der Waals surface area contributed by atoms with Crippen molar-refractivity contribution in [2.75, 3.05) is 23.5 Å². The second-order valence-electron chi connectivity index (χ2n) is 5.21. The highest BCUT2D eigenvalue weighted by molar-refractivity contribution is 7.90. The number of nitrogens with zero attached hydrogens (tertiary/aromatic N) is 1. The van der Waals surface area contributed by atoms with E-state index in [-0.39, 0.29) is 0 Å². The number of nitrogens with two attached hydrogens (primary N) is 1. The molecular formula is C13H21N3O2S. The lowest BCUT2D eigenvalue weighted by atomic mass is 10.0. The highest BCUT2D eigenvalue weighted by Crippen LogP contribution is 2.24. The van der Waals surface area contributed by atoms with Crippen LogP contribution >= 0.6 is 0 Å². The normalized spacial score (nSPS) is 18.4. The van der Waals surface area contributed by atoms with Crippen molar-refractivity contribution in [1.29, 1.82) is 0 Å². The molecule has 0 amide bonds. The summed E-state index contributed by atoms with van der Waals surface area (Å²) >= 11 is 0. The summed E-state index contributed by atoms with van der Waals surface area (Å²) in [6.45, 7) is 5.13. The van der Waals surface area contributed by atoms with Crippen LogP contribution in [0, 0.1) is 12.8 Å². The molecule has 6 heteroatoms. The van der Waals surface area contributed by atoms with Gasteiger partial charge in [-0.2, -0.15) is 12.7 Å². The van der Waals surface area contributed by atoms with E-state index in [4.69, 9.17) is 5.73 Å². The van der Waals surface area contributed by atoms with E-state index in [1.165, 1.54) is 4.31 Å². The van der Waals surface area contributed by atoms with Gasteiger partial charge in [-0.05, 0) is 43.4 Å². The molecule has 5 nitrogen and oxygen atoms in total. The largest absolute Gasteiger partial charge is 0.398 e. The van der Waals surface area contributed by atoms with Crippen LogP contribution in [0.1, 0.15) is 25.3 Å². The van der Waals surface area contributed by atoms with Crippen LogP contribution < -0.4 is 10.5 Å². The Labute approximate surface area is 115 Å². The van der Waals surface area contributed by atoms with Crippen molar-refractivity contribution in [2.45, 2.75) is 26.7 Å². The van der Waals surface area contributed by atoms with Gasteiger partial charge >= 0.3 is 10.2 Å². The van der Waals surface area contributed by atoms with E-state index in [0.29, 0.717) is 30.4 Å². The van der Waals surface area contributed by atoms with Gasteiger partial charge in [-0.15, -0.1) is 0 Å². The maximum atomic E-state index is 12.3. The Bertz CT molecular complexity index is 549. The molecule has 0 bridgehead atoms. The summed E-state index contributed by atoms with van der Waals surface area (Å²) in [6, 6.07) is 5.24. The molecule has 0 radical (unpaired) electrons. The quantitative estimate of drug-likeness (QED) is 0.833. The number of anilines is 2. The standard InChI is InChI=1S/C13H21N3O2S/c1-10-6-8-16(9-7-10)19(17,18)15-13-5-3-4-12(14)11(13)2/h3-5,10,15H,6-9,14H2,1-2H3. The molecule has 2 rings (SSSR count). The van der Waals surface area contributed by atoms with Crippen molar-refractivity contribution in [3.05, 3.63) is 23.8 Å². The molecule has 1 saturated heterocycles. The van der Waals surface area contributed by atoms with Gasteiger partial charge in [0, 0.05) is 18.8 Å². The van der Waals surface area contributed by atoms with Gasteiger partial charge in [0.2, 0.25) is 0 Å². The summed E-state index contributed by atoms with van der Waals surface area (Å²) in [5.74, 6) is 0.598. The van der Waals surface area contributed by atoms with E-state index in [0.717, 1.165) is 18.4 Å². The third-order valence-electron chi connectivity index (χ3n) is 3.70. The molecule has 3 N–H and O–H groups in total. The minimum atomic E-state index is -3.47. The highest BCUT2D eigenvalue weighted by atomic mass is 32.2. The summed E-state index contributed by atoms with van der Waals surface area (Å²) in [6.07, 6.45) is 1.83. The van der Waals surface area contributed by atoms with Gasteiger partial charge in [-0.1, -0.05) is 13.0 Å². The Balaban J connectivity index is 2.15. The smallest absolute Gasteiger partial charge is 0.301 e. The molecule has 0 saturated carbocycles. The predicted octanol–water partition coefficient (Wildman–Crippen LogP) is 1.97. The number of nitrogen functional groups attached to an aromatic ring is 1. The van der Waals surface area contributed by atoms with E-state index >= 15 is 0 Å². The molecule has 1 heterocycles. The number of nitrogens with one attached hydrogen (secondary N) is 1. The number of rotatable bonds is 3. The zero-order chi connectivity index (χ0) is 14.0. The Morgan fingerprint density at radius 2 is 1.95 bits per heavy atom. The molecule has 0 unspecified atom stereocenters. The zero-order valence-electron chi connectivity index (χ0n) is 11.4. The maximum Gasteiger partial charge on any atom is 0.301 e. The second kappa shape index (κ2) is 5.38. The van der Waals surface area contributed by atoms with Gasteiger partial charge < -0.3 is 5.73 Å². The number of piperidine rings is 1. The SMILES string of the molecule is Cc1c(N)cccc1NS(=O)(=O)N1CCC(C)CC1. The van der Waals surface area contributed by atoms with Crippen molar-refractivity contribution in [1.82, 2.24) is 4.31 Å². The summed E-state index contributed by atoms with van der Waals surface area (Å²) in [7, 11) is -3.47. The minimum absolute atomic E-state index is 0.554. The third-order valence-corrected chi connectivity index (χ3v) is 5.22. The Morgan fingerprint density at radius 3 is 2.58 bits per heavy atom. The van der Waals surface area contributed by atoms with Crippen LogP contribution in [0.25, 0.3) is 0 Å². The van der Waals surface area contributed by atoms with E-state index in [1.807, 2.05) is 6.92 Å². The Morgan fingerprint density at radius 1 is 1.32 bits per heavy atom. The molecule has 1 aliphatic heterocycles. The van der Waals surface area contributed by atoms with Gasteiger partial charge in [-0.25, -0.2) is 0 Å². The van der Waals surface area contributed by atoms with Gasteiger partial charge in [0.15, 0.2) is 0 Å². The topological polar surface area (TPSA) is 75.4 Å². The fraction of sp³-hybridized carbons (Fsp3) is 0.538. The van der Waals surface area contributed by atoms with Gasteiger partial charge in [0.05, 0.1) is 5.69 Å². The predicted molar refractivity (Wildman–Crippen MR) is 78.1 cm³/mol. The first kappa shape index (κ1) is 14.1. The highest BCUT2D eigenvalue weighted by Gasteiger charge is 2.26. The molecule has 1 fully saturated rings.